The molecular formula is C20H18FN5O3S. The maximum absolute atomic E-state index is 13.4. The molecule has 2 amide bonds. The molecule has 3 aromatic rings. The predicted molar refractivity (Wildman–Crippen MR) is 107 cm³/mol. The minimum Gasteiger partial charge on any atom is -0.449 e. The Morgan fingerprint density at radius 2 is 2.03 bits per heavy atom. The molecule has 2 saturated heterocycles. The van der Waals surface area contributed by atoms with Crippen molar-refractivity contribution >= 4 is 23.3 Å². The number of cyclic esters (lactones) is 1. The summed E-state index contributed by atoms with van der Waals surface area (Å²) in [5.74, 6) is -0.0293. The Balaban J connectivity index is 1.46. The molecule has 0 aliphatic carbocycles. The van der Waals surface area contributed by atoms with Crippen LogP contribution in [0.2, 0.25) is 0 Å². The number of aromatic nitrogens is 3. The van der Waals surface area contributed by atoms with E-state index in [0.29, 0.717) is 44.2 Å². The van der Waals surface area contributed by atoms with Gasteiger partial charge >= 0.3 is 6.09 Å². The van der Waals surface area contributed by atoms with E-state index in [1.807, 2.05) is 17.5 Å². The van der Waals surface area contributed by atoms with E-state index in [4.69, 9.17) is 4.74 Å². The SMILES string of the molecule is O=C(c1nc(-c2cccs2)n(-c2ccc(F)cc2)n1)N1CCN2C(=O)OCCC2C1. The topological polar surface area (TPSA) is 80.6 Å². The number of carbonyl (C=O) groups excluding carboxylic acids is 2. The molecule has 1 unspecified atom stereocenters. The van der Waals surface area contributed by atoms with Crippen molar-refractivity contribution in [1.82, 2.24) is 24.6 Å². The lowest BCUT2D eigenvalue weighted by molar-refractivity contribution is 0.00668. The highest BCUT2D eigenvalue weighted by molar-refractivity contribution is 7.13. The number of ether oxygens (including phenoxy) is 1. The third-order valence-corrected chi connectivity index (χ3v) is 6.16. The maximum Gasteiger partial charge on any atom is 0.410 e. The van der Waals surface area contributed by atoms with Crippen LogP contribution < -0.4 is 0 Å². The van der Waals surface area contributed by atoms with E-state index < -0.39 is 0 Å². The molecule has 2 aliphatic heterocycles. The summed E-state index contributed by atoms with van der Waals surface area (Å²) < 4.78 is 20.0. The number of benzene rings is 1. The second kappa shape index (κ2) is 7.52. The summed E-state index contributed by atoms with van der Waals surface area (Å²) in [7, 11) is 0. The number of hydrogen-bond donors (Lipinski definition) is 0. The van der Waals surface area contributed by atoms with Crippen LogP contribution in [0.5, 0.6) is 0 Å². The second-order valence-corrected chi connectivity index (χ2v) is 8.07. The molecule has 154 valence electrons. The van der Waals surface area contributed by atoms with Gasteiger partial charge in [0.25, 0.3) is 5.91 Å². The molecule has 5 rings (SSSR count). The van der Waals surface area contributed by atoms with Gasteiger partial charge in [-0.3, -0.25) is 4.79 Å². The summed E-state index contributed by atoms with van der Waals surface area (Å²) in [6.45, 7) is 1.60. The highest BCUT2D eigenvalue weighted by Gasteiger charge is 2.37. The summed E-state index contributed by atoms with van der Waals surface area (Å²) in [6, 6.07) is 9.63. The minimum absolute atomic E-state index is 0.0556. The monoisotopic (exact) mass is 427 g/mol. The van der Waals surface area contributed by atoms with E-state index >= 15 is 0 Å². The molecule has 1 atom stereocenters. The van der Waals surface area contributed by atoms with Gasteiger partial charge in [-0.2, -0.15) is 0 Å². The standard InChI is InChI=1S/C20H18FN5O3S/c21-13-3-5-14(6-4-13)26-18(16-2-1-11-30-16)22-17(23-26)19(27)24-8-9-25-15(12-24)7-10-29-20(25)28/h1-6,11,15H,7-10,12H2. The Hall–Kier alpha value is -3.27. The third kappa shape index (κ3) is 3.32. The fourth-order valence-corrected chi connectivity index (χ4v) is 4.46. The first kappa shape index (κ1) is 18.7. The van der Waals surface area contributed by atoms with E-state index in [2.05, 4.69) is 10.1 Å². The average Bonchev–Trinajstić information content (AvgIpc) is 3.44. The van der Waals surface area contributed by atoms with Crippen LogP contribution in [-0.2, 0) is 4.74 Å². The van der Waals surface area contributed by atoms with Crippen LogP contribution >= 0.6 is 11.3 Å². The first-order valence-corrected chi connectivity index (χ1v) is 10.5. The van der Waals surface area contributed by atoms with Crippen molar-refractivity contribution in [3.63, 3.8) is 0 Å². The van der Waals surface area contributed by atoms with Gasteiger partial charge < -0.3 is 14.5 Å². The van der Waals surface area contributed by atoms with Crippen LogP contribution in [0.25, 0.3) is 16.4 Å². The summed E-state index contributed by atoms with van der Waals surface area (Å²) in [5.41, 5.74) is 0.617. The number of rotatable bonds is 3. The largest absolute Gasteiger partial charge is 0.449 e. The zero-order valence-corrected chi connectivity index (χ0v) is 16.7. The molecule has 1 aromatic carbocycles. The Morgan fingerprint density at radius 3 is 2.80 bits per heavy atom. The molecule has 2 fully saturated rings. The normalized spacial score (nSPS) is 18.8. The Bertz CT molecular complexity index is 1080. The third-order valence-electron chi connectivity index (χ3n) is 5.29. The van der Waals surface area contributed by atoms with E-state index in [9.17, 15) is 14.0 Å². The number of halogens is 1. The van der Waals surface area contributed by atoms with E-state index in [0.717, 1.165) is 4.88 Å². The van der Waals surface area contributed by atoms with Crippen molar-refractivity contribution in [3.8, 4) is 16.4 Å². The average molecular weight is 427 g/mol. The van der Waals surface area contributed by atoms with Crippen molar-refractivity contribution in [1.29, 1.82) is 0 Å². The van der Waals surface area contributed by atoms with Crippen LogP contribution in [0.15, 0.2) is 41.8 Å². The van der Waals surface area contributed by atoms with Crippen molar-refractivity contribution in [2.24, 2.45) is 0 Å². The molecule has 0 bridgehead atoms. The van der Waals surface area contributed by atoms with E-state index in [1.165, 1.54) is 23.5 Å². The molecule has 0 radical (unpaired) electrons. The molecule has 0 spiro atoms. The number of nitrogens with zero attached hydrogens (tertiary/aromatic N) is 5. The molecule has 8 nitrogen and oxygen atoms in total. The molecule has 0 saturated carbocycles. The van der Waals surface area contributed by atoms with E-state index in [-0.39, 0.29) is 29.7 Å². The van der Waals surface area contributed by atoms with Gasteiger partial charge in [-0.25, -0.2) is 18.9 Å². The zero-order chi connectivity index (χ0) is 20.7. The molecule has 2 aromatic heterocycles. The van der Waals surface area contributed by atoms with Crippen molar-refractivity contribution in [3.05, 3.63) is 53.4 Å². The first-order chi connectivity index (χ1) is 14.6. The number of carbonyl (C=O) groups is 2. The lowest BCUT2D eigenvalue weighted by Crippen LogP contribution is -2.59. The van der Waals surface area contributed by atoms with Crippen LogP contribution in [0.4, 0.5) is 9.18 Å². The number of fused-ring (bicyclic) bond motifs is 1. The number of piperazine rings is 1. The van der Waals surface area contributed by atoms with Crippen molar-refractivity contribution < 1.29 is 18.7 Å². The molecule has 0 N–H and O–H groups in total. The molecule has 30 heavy (non-hydrogen) atoms. The highest BCUT2D eigenvalue weighted by atomic mass is 32.1. The summed E-state index contributed by atoms with van der Waals surface area (Å²) in [4.78, 5) is 33.8. The second-order valence-electron chi connectivity index (χ2n) is 7.13. The number of amides is 2. The van der Waals surface area contributed by atoms with Gasteiger partial charge in [-0.15, -0.1) is 16.4 Å². The lowest BCUT2D eigenvalue weighted by Gasteiger charge is -2.42. The number of thiophene rings is 1. The number of hydrogen-bond acceptors (Lipinski definition) is 6. The van der Waals surface area contributed by atoms with Gasteiger partial charge in [-0.1, -0.05) is 6.07 Å². The van der Waals surface area contributed by atoms with Crippen molar-refractivity contribution in [2.75, 3.05) is 26.2 Å². The predicted octanol–water partition coefficient (Wildman–Crippen LogP) is 2.80. The summed E-state index contributed by atoms with van der Waals surface area (Å²) in [5, 5.41) is 6.37. The molecule has 4 heterocycles. The zero-order valence-electron chi connectivity index (χ0n) is 15.9. The first-order valence-electron chi connectivity index (χ1n) is 9.60. The van der Waals surface area contributed by atoms with Crippen LogP contribution in [0.1, 0.15) is 17.0 Å². The fraction of sp³-hybridized carbons (Fsp3) is 0.300. The summed E-state index contributed by atoms with van der Waals surface area (Å²) >= 11 is 1.48. The van der Waals surface area contributed by atoms with Gasteiger partial charge in [-0.05, 0) is 35.7 Å². The van der Waals surface area contributed by atoms with Gasteiger partial charge in [0.15, 0.2) is 5.82 Å². The Morgan fingerprint density at radius 1 is 1.20 bits per heavy atom. The fourth-order valence-electron chi connectivity index (χ4n) is 3.76. The minimum atomic E-state index is -0.350. The molecule has 10 heteroatoms. The summed E-state index contributed by atoms with van der Waals surface area (Å²) in [6.07, 6.45) is 0.366. The highest BCUT2D eigenvalue weighted by Crippen LogP contribution is 2.26. The molecule has 2 aliphatic rings. The molecular weight excluding hydrogens is 409 g/mol. The van der Waals surface area contributed by atoms with Crippen LogP contribution in [-0.4, -0.2) is 68.8 Å². The van der Waals surface area contributed by atoms with Gasteiger partial charge in [0, 0.05) is 26.1 Å². The van der Waals surface area contributed by atoms with Crippen molar-refractivity contribution in [2.45, 2.75) is 12.5 Å². The van der Waals surface area contributed by atoms with Crippen LogP contribution in [0.3, 0.4) is 0 Å². The smallest absolute Gasteiger partial charge is 0.410 e. The Kier molecular flexibility index (Phi) is 4.70. The van der Waals surface area contributed by atoms with Gasteiger partial charge in [0.1, 0.15) is 5.82 Å². The Labute approximate surface area is 175 Å². The lowest BCUT2D eigenvalue weighted by atomic mass is 10.1. The van der Waals surface area contributed by atoms with Gasteiger partial charge in [0.05, 0.1) is 23.2 Å². The quantitative estimate of drug-likeness (QED) is 0.642. The van der Waals surface area contributed by atoms with Gasteiger partial charge in [0.2, 0.25) is 5.82 Å². The van der Waals surface area contributed by atoms with E-state index in [1.54, 1.807) is 26.6 Å². The van der Waals surface area contributed by atoms with Crippen LogP contribution in [0, 0.1) is 5.82 Å². The maximum atomic E-state index is 13.4.